The Morgan fingerprint density at radius 2 is 1.62 bits per heavy atom. The van der Waals surface area contributed by atoms with E-state index in [0.29, 0.717) is 17.2 Å². The van der Waals surface area contributed by atoms with Crippen molar-refractivity contribution in [2.45, 2.75) is 66.3 Å². The maximum absolute atomic E-state index is 12.2. The Balaban J connectivity index is 2.61. The minimum absolute atomic E-state index is 0.0368. The summed E-state index contributed by atoms with van der Waals surface area (Å²) in [4.78, 5) is 14.3. The van der Waals surface area contributed by atoms with Gasteiger partial charge in [0.2, 0.25) is 5.91 Å². The highest BCUT2D eigenvalue weighted by atomic mass is 16.2. The van der Waals surface area contributed by atoms with Crippen LogP contribution in [0.25, 0.3) is 0 Å². The van der Waals surface area contributed by atoms with Gasteiger partial charge in [0.15, 0.2) is 0 Å². The Kier molecular flexibility index (Phi) is 3.71. The summed E-state index contributed by atoms with van der Waals surface area (Å²) >= 11 is 0. The highest BCUT2D eigenvalue weighted by molar-refractivity contribution is 5.81. The minimum atomic E-state index is -0.0368. The summed E-state index contributed by atoms with van der Waals surface area (Å²) in [7, 11) is 0. The zero-order valence-electron chi connectivity index (χ0n) is 11.8. The van der Waals surface area contributed by atoms with Crippen LogP contribution in [0.5, 0.6) is 0 Å². The van der Waals surface area contributed by atoms with Crippen molar-refractivity contribution in [3.05, 3.63) is 0 Å². The number of hydrogen-bond donors (Lipinski definition) is 0. The van der Waals surface area contributed by atoms with Crippen LogP contribution in [0.2, 0.25) is 0 Å². The molecule has 16 heavy (non-hydrogen) atoms. The van der Waals surface area contributed by atoms with E-state index in [1.165, 1.54) is 0 Å². The summed E-state index contributed by atoms with van der Waals surface area (Å²) in [5, 5.41) is 0. The largest absolute Gasteiger partial charge is 0.338 e. The second-order valence-corrected chi connectivity index (χ2v) is 7.25. The molecular formula is C14H27NO. The SMILES string of the molecule is CC(C)(C)CCN(C(=O)C1CC1)C(C)(C)C. The smallest absolute Gasteiger partial charge is 0.226 e. The monoisotopic (exact) mass is 225 g/mol. The Bertz CT molecular complexity index is 253. The number of amides is 1. The van der Waals surface area contributed by atoms with Gasteiger partial charge in [-0.15, -0.1) is 0 Å². The Labute approximate surface area is 100 Å². The van der Waals surface area contributed by atoms with Crippen LogP contribution in [0.3, 0.4) is 0 Å². The van der Waals surface area contributed by atoms with E-state index in [-0.39, 0.29) is 5.54 Å². The minimum Gasteiger partial charge on any atom is -0.338 e. The first-order chi connectivity index (χ1) is 7.11. The fraction of sp³-hybridized carbons (Fsp3) is 0.929. The molecule has 0 bridgehead atoms. The number of rotatable bonds is 3. The topological polar surface area (TPSA) is 20.3 Å². The molecule has 1 aliphatic rings. The predicted octanol–water partition coefficient (Wildman–Crippen LogP) is 3.46. The van der Waals surface area contributed by atoms with Crippen molar-refractivity contribution in [1.82, 2.24) is 4.90 Å². The van der Waals surface area contributed by atoms with Crippen molar-refractivity contribution in [1.29, 1.82) is 0 Å². The molecule has 0 spiro atoms. The van der Waals surface area contributed by atoms with Gasteiger partial charge in [0, 0.05) is 18.0 Å². The Morgan fingerprint density at radius 3 is 1.94 bits per heavy atom. The van der Waals surface area contributed by atoms with Crippen molar-refractivity contribution in [2.24, 2.45) is 11.3 Å². The molecule has 1 amide bonds. The van der Waals surface area contributed by atoms with Crippen molar-refractivity contribution in [3.8, 4) is 0 Å². The fourth-order valence-corrected chi connectivity index (χ4v) is 1.77. The van der Waals surface area contributed by atoms with E-state index in [1.807, 2.05) is 0 Å². The summed E-state index contributed by atoms with van der Waals surface area (Å²) in [6, 6.07) is 0. The van der Waals surface area contributed by atoms with E-state index in [2.05, 4.69) is 46.4 Å². The molecular weight excluding hydrogens is 198 g/mol. The summed E-state index contributed by atoms with van der Waals surface area (Å²) in [5.74, 6) is 0.705. The van der Waals surface area contributed by atoms with E-state index >= 15 is 0 Å². The summed E-state index contributed by atoms with van der Waals surface area (Å²) < 4.78 is 0. The highest BCUT2D eigenvalue weighted by Crippen LogP contribution is 2.34. The van der Waals surface area contributed by atoms with Gasteiger partial charge >= 0.3 is 0 Å². The van der Waals surface area contributed by atoms with E-state index in [4.69, 9.17) is 0 Å². The lowest BCUT2D eigenvalue weighted by Gasteiger charge is -2.37. The van der Waals surface area contributed by atoms with Crippen LogP contribution in [0.4, 0.5) is 0 Å². The molecule has 2 heteroatoms. The third kappa shape index (κ3) is 4.15. The van der Waals surface area contributed by atoms with Gasteiger partial charge in [-0.2, -0.15) is 0 Å². The predicted molar refractivity (Wildman–Crippen MR) is 68.3 cm³/mol. The van der Waals surface area contributed by atoms with Crippen LogP contribution in [0, 0.1) is 11.3 Å². The molecule has 1 rings (SSSR count). The van der Waals surface area contributed by atoms with E-state index in [0.717, 1.165) is 25.8 Å². The quantitative estimate of drug-likeness (QED) is 0.720. The van der Waals surface area contributed by atoms with Crippen LogP contribution in [-0.4, -0.2) is 22.9 Å². The van der Waals surface area contributed by atoms with Gasteiger partial charge in [0.05, 0.1) is 0 Å². The van der Waals surface area contributed by atoms with Gasteiger partial charge in [-0.05, 0) is 45.4 Å². The lowest BCUT2D eigenvalue weighted by atomic mass is 9.91. The molecule has 1 fully saturated rings. The summed E-state index contributed by atoms with van der Waals surface area (Å²) in [5.41, 5.74) is 0.262. The van der Waals surface area contributed by atoms with Crippen molar-refractivity contribution in [2.75, 3.05) is 6.54 Å². The molecule has 0 aromatic carbocycles. The molecule has 0 radical (unpaired) electrons. The molecule has 0 aromatic heterocycles. The number of nitrogens with zero attached hydrogens (tertiary/aromatic N) is 1. The van der Waals surface area contributed by atoms with Gasteiger partial charge in [0.25, 0.3) is 0 Å². The molecule has 0 aliphatic heterocycles. The second kappa shape index (κ2) is 4.38. The van der Waals surface area contributed by atoms with Crippen LogP contribution in [0.15, 0.2) is 0 Å². The van der Waals surface area contributed by atoms with Crippen molar-refractivity contribution < 1.29 is 4.79 Å². The second-order valence-electron chi connectivity index (χ2n) is 7.25. The first-order valence-electron chi connectivity index (χ1n) is 6.43. The fourth-order valence-electron chi connectivity index (χ4n) is 1.77. The van der Waals surface area contributed by atoms with Crippen molar-refractivity contribution >= 4 is 5.91 Å². The van der Waals surface area contributed by atoms with E-state index in [1.54, 1.807) is 0 Å². The molecule has 0 atom stereocenters. The van der Waals surface area contributed by atoms with E-state index in [9.17, 15) is 4.79 Å². The van der Waals surface area contributed by atoms with Crippen LogP contribution in [0.1, 0.15) is 60.8 Å². The third-order valence-corrected chi connectivity index (χ3v) is 3.09. The van der Waals surface area contributed by atoms with Gasteiger partial charge in [-0.1, -0.05) is 20.8 Å². The van der Waals surface area contributed by atoms with Gasteiger partial charge < -0.3 is 4.90 Å². The summed E-state index contributed by atoms with van der Waals surface area (Å²) in [6.45, 7) is 14.0. The normalized spacial score (nSPS) is 17.4. The molecule has 1 aliphatic carbocycles. The number of carbonyl (C=O) groups excluding carboxylic acids is 1. The van der Waals surface area contributed by atoms with Gasteiger partial charge in [-0.25, -0.2) is 0 Å². The standard InChI is InChI=1S/C14H27NO/c1-13(2,3)9-10-15(14(4,5)6)12(16)11-7-8-11/h11H,7-10H2,1-6H3. The molecule has 94 valence electrons. The van der Waals surface area contributed by atoms with Gasteiger partial charge in [-0.3, -0.25) is 4.79 Å². The van der Waals surface area contributed by atoms with Crippen LogP contribution < -0.4 is 0 Å². The Morgan fingerprint density at radius 1 is 1.12 bits per heavy atom. The lowest BCUT2D eigenvalue weighted by molar-refractivity contribution is -0.137. The van der Waals surface area contributed by atoms with Crippen LogP contribution in [-0.2, 0) is 4.79 Å². The van der Waals surface area contributed by atoms with Crippen molar-refractivity contribution in [3.63, 3.8) is 0 Å². The Hall–Kier alpha value is -0.530. The molecule has 1 saturated carbocycles. The lowest BCUT2D eigenvalue weighted by Crippen LogP contribution is -2.47. The first-order valence-corrected chi connectivity index (χ1v) is 6.43. The molecule has 0 unspecified atom stereocenters. The molecule has 0 heterocycles. The maximum atomic E-state index is 12.2. The van der Waals surface area contributed by atoms with Crippen LogP contribution >= 0.6 is 0 Å². The zero-order valence-corrected chi connectivity index (χ0v) is 11.8. The first kappa shape index (κ1) is 13.5. The molecule has 0 aromatic rings. The summed E-state index contributed by atoms with van der Waals surface area (Å²) in [6.07, 6.45) is 3.27. The average molecular weight is 225 g/mol. The average Bonchev–Trinajstić information content (AvgIpc) is 2.80. The number of hydrogen-bond acceptors (Lipinski definition) is 1. The molecule has 0 N–H and O–H groups in total. The maximum Gasteiger partial charge on any atom is 0.226 e. The van der Waals surface area contributed by atoms with E-state index < -0.39 is 0 Å². The zero-order chi connectivity index (χ0) is 12.6. The molecule has 2 nitrogen and oxygen atoms in total. The molecule has 0 saturated heterocycles. The third-order valence-electron chi connectivity index (χ3n) is 3.09. The highest BCUT2D eigenvalue weighted by Gasteiger charge is 2.37. The van der Waals surface area contributed by atoms with Gasteiger partial charge in [0.1, 0.15) is 0 Å². The number of carbonyl (C=O) groups is 1.